The average molecular weight is 393 g/mol. The number of benzene rings is 2. The summed E-state index contributed by atoms with van der Waals surface area (Å²) in [4.78, 5) is 12.5. The Labute approximate surface area is 159 Å². The van der Waals surface area contributed by atoms with Crippen LogP contribution in [0.15, 0.2) is 47.4 Å². The van der Waals surface area contributed by atoms with Crippen molar-refractivity contribution in [3.63, 3.8) is 0 Å². The van der Waals surface area contributed by atoms with Crippen LogP contribution in [-0.4, -0.2) is 26.9 Å². The second-order valence-corrected chi connectivity index (χ2v) is 8.71. The molecule has 26 heavy (non-hydrogen) atoms. The lowest BCUT2D eigenvalue weighted by atomic mass is 10.1. The molecule has 2 aromatic rings. The summed E-state index contributed by atoms with van der Waals surface area (Å²) in [7, 11) is -3.65. The van der Waals surface area contributed by atoms with Crippen LogP contribution in [0.1, 0.15) is 36.2 Å². The molecule has 0 spiro atoms. The molecule has 5 nitrogen and oxygen atoms in total. The third-order valence-electron chi connectivity index (χ3n) is 4.59. The number of hydrogen-bond donors (Lipinski definition) is 1. The van der Waals surface area contributed by atoms with Gasteiger partial charge in [0.25, 0.3) is 15.9 Å². The molecule has 0 unspecified atom stereocenters. The standard InChI is InChI=1S/C19H21ClN2O3S/c1-3-13(2)21-19(23)15-4-9-18-14(12-15)10-11-22(18)26(24,25)17-7-5-16(20)6-8-17/h4-9,12-13H,3,10-11H2,1-2H3,(H,21,23)/t13-/m1/s1. The number of carbonyl (C=O) groups excluding carboxylic acids is 1. The summed E-state index contributed by atoms with van der Waals surface area (Å²) in [6, 6.07) is 11.4. The Bertz CT molecular complexity index is 926. The number of anilines is 1. The van der Waals surface area contributed by atoms with Crippen molar-refractivity contribution in [3.05, 3.63) is 58.6 Å². The second kappa shape index (κ2) is 7.29. The van der Waals surface area contributed by atoms with E-state index >= 15 is 0 Å². The summed E-state index contributed by atoms with van der Waals surface area (Å²) in [5, 5.41) is 3.41. The lowest BCUT2D eigenvalue weighted by Crippen LogP contribution is -2.32. The Morgan fingerprint density at radius 1 is 1.23 bits per heavy atom. The molecule has 0 bridgehead atoms. The van der Waals surface area contributed by atoms with Gasteiger partial charge in [0, 0.05) is 23.2 Å². The Morgan fingerprint density at radius 3 is 2.58 bits per heavy atom. The van der Waals surface area contributed by atoms with Crippen molar-refractivity contribution < 1.29 is 13.2 Å². The fraction of sp³-hybridized carbons (Fsp3) is 0.316. The number of amides is 1. The number of rotatable bonds is 5. The van der Waals surface area contributed by atoms with Gasteiger partial charge < -0.3 is 5.32 Å². The average Bonchev–Trinajstić information content (AvgIpc) is 3.05. The number of sulfonamides is 1. The highest BCUT2D eigenvalue weighted by Crippen LogP contribution is 2.33. The van der Waals surface area contributed by atoms with Crippen molar-refractivity contribution >= 4 is 33.2 Å². The van der Waals surface area contributed by atoms with Gasteiger partial charge in [-0.15, -0.1) is 0 Å². The van der Waals surface area contributed by atoms with Gasteiger partial charge in [-0.2, -0.15) is 0 Å². The van der Waals surface area contributed by atoms with Crippen molar-refractivity contribution in [1.82, 2.24) is 5.32 Å². The van der Waals surface area contributed by atoms with Crippen LogP contribution in [0, 0.1) is 0 Å². The maximum absolute atomic E-state index is 12.9. The van der Waals surface area contributed by atoms with Crippen LogP contribution in [0.3, 0.4) is 0 Å². The van der Waals surface area contributed by atoms with Gasteiger partial charge in [0.15, 0.2) is 0 Å². The molecule has 1 aliphatic heterocycles. The summed E-state index contributed by atoms with van der Waals surface area (Å²) in [5.74, 6) is -0.138. The molecule has 0 fully saturated rings. The summed E-state index contributed by atoms with van der Waals surface area (Å²) in [5.41, 5.74) is 2.04. The lowest BCUT2D eigenvalue weighted by Gasteiger charge is -2.20. The van der Waals surface area contributed by atoms with Crippen LogP contribution in [0.4, 0.5) is 5.69 Å². The summed E-state index contributed by atoms with van der Waals surface area (Å²) >= 11 is 5.85. The monoisotopic (exact) mass is 392 g/mol. The zero-order valence-electron chi connectivity index (χ0n) is 14.7. The molecule has 1 aliphatic rings. The van der Waals surface area contributed by atoms with E-state index in [0.29, 0.717) is 29.2 Å². The second-order valence-electron chi connectivity index (χ2n) is 6.41. The molecule has 2 aromatic carbocycles. The van der Waals surface area contributed by atoms with Crippen molar-refractivity contribution in [2.45, 2.75) is 37.6 Å². The van der Waals surface area contributed by atoms with Gasteiger partial charge in [0.05, 0.1) is 10.6 Å². The van der Waals surface area contributed by atoms with Crippen molar-refractivity contribution in [2.24, 2.45) is 0 Å². The van der Waals surface area contributed by atoms with Crippen molar-refractivity contribution in [3.8, 4) is 0 Å². The molecule has 1 N–H and O–H groups in total. The number of fused-ring (bicyclic) bond motifs is 1. The first-order valence-electron chi connectivity index (χ1n) is 8.55. The van der Waals surface area contributed by atoms with E-state index in [4.69, 9.17) is 11.6 Å². The van der Waals surface area contributed by atoms with E-state index in [1.807, 2.05) is 13.8 Å². The third-order valence-corrected chi connectivity index (χ3v) is 6.67. The molecule has 0 saturated carbocycles. The zero-order chi connectivity index (χ0) is 18.9. The van der Waals surface area contributed by atoms with Crippen LogP contribution in [0.25, 0.3) is 0 Å². The highest BCUT2D eigenvalue weighted by atomic mass is 35.5. The predicted molar refractivity (Wildman–Crippen MR) is 103 cm³/mol. The molecule has 1 amide bonds. The van der Waals surface area contributed by atoms with Crippen LogP contribution in [-0.2, 0) is 16.4 Å². The van der Waals surface area contributed by atoms with Gasteiger partial charge in [0.2, 0.25) is 0 Å². The van der Waals surface area contributed by atoms with E-state index in [0.717, 1.165) is 12.0 Å². The number of halogens is 1. The lowest BCUT2D eigenvalue weighted by molar-refractivity contribution is 0.0939. The molecular weight excluding hydrogens is 372 g/mol. The molecule has 0 aromatic heterocycles. The van der Waals surface area contributed by atoms with Gasteiger partial charge in [-0.1, -0.05) is 18.5 Å². The van der Waals surface area contributed by atoms with Crippen LogP contribution in [0.5, 0.6) is 0 Å². The van der Waals surface area contributed by atoms with Gasteiger partial charge in [-0.05, 0) is 67.8 Å². The Morgan fingerprint density at radius 2 is 1.92 bits per heavy atom. The zero-order valence-corrected chi connectivity index (χ0v) is 16.3. The van der Waals surface area contributed by atoms with Gasteiger partial charge in [-0.25, -0.2) is 8.42 Å². The fourth-order valence-electron chi connectivity index (χ4n) is 2.91. The maximum atomic E-state index is 12.9. The molecule has 138 valence electrons. The largest absolute Gasteiger partial charge is 0.350 e. The third kappa shape index (κ3) is 3.57. The quantitative estimate of drug-likeness (QED) is 0.845. The maximum Gasteiger partial charge on any atom is 0.264 e. The predicted octanol–water partition coefficient (Wildman–Crippen LogP) is 3.62. The molecule has 7 heteroatoms. The first-order valence-corrected chi connectivity index (χ1v) is 10.4. The van der Waals surface area contributed by atoms with Gasteiger partial charge >= 0.3 is 0 Å². The summed E-state index contributed by atoms with van der Waals surface area (Å²) in [6.07, 6.45) is 1.43. The Kier molecular flexibility index (Phi) is 5.25. The Balaban J connectivity index is 1.88. The minimum atomic E-state index is -3.65. The molecule has 3 rings (SSSR count). The molecular formula is C19H21ClN2O3S. The van der Waals surface area contributed by atoms with E-state index in [-0.39, 0.29) is 16.8 Å². The number of carbonyl (C=O) groups is 1. The first-order chi connectivity index (χ1) is 12.3. The fourth-order valence-corrected chi connectivity index (χ4v) is 4.53. The summed E-state index contributed by atoms with van der Waals surface area (Å²) < 4.78 is 27.2. The minimum Gasteiger partial charge on any atom is -0.350 e. The van der Waals surface area contributed by atoms with Crippen LogP contribution < -0.4 is 9.62 Å². The highest BCUT2D eigenvalue weighted by Gasteiger charge is 2.31. The van der Waals surface area contributed by atoms with E-state index in [1.54, 1.807) is 30.3 Å². The van der Waals surface area contributed by atoms with Crippen molar-refractivity contribution in [1.29, 1.82) is 0 Å². The summed E-state index contributed by atoms with van der Waals surface area (Å²) in [6.45, 7) is 4.32. The van der Waals surface area contributed by atoms with E-state index in [9.17, 15) is 13.2 Å². The van der Waals surface area contributed by atoms with E-state index < -0.39 is 10.0 Å². The van der Waals surface area contributed by atoms with E-state index in [1.165, 1.54) is 16.4 Å². The molecule has 1 heterocycles. The smallest absolute Gasteiger partial charge is 0.264 e. The minimum absolute atomic E-state index is 0.0949. The molecule has 0 radical (unpaired) electrons. The number of nitrogens with zero attached hydrogens (tertiary/aromatic N) is 1. The van der Waals surface area contributed by atoms with Crippen LogP contribution >= 0.6 is 11.6 Å². The molecule has 0 aliphatic carbocycles. The Hall–Kier alpha value is -2.05. The number of nitrogens with one attached hydrogen (secondary N) is 1. The van der Waals surface area contributed by atoms with Crippen LogP contribution in [0.2, 0.25) is 5.02 Å². The molecule has 1 atom stereocenters. The number of hydrogen-bond acceptors (Lipinski definition) is 3. The SMILES string of the molecule is CC[C@@H](C)NC(=O)c1ccc2c(c1)CCN2S(=O)(=O)c1ccc(Cl)cc1. The highest BCUT2D eigenvalue weighted by molar-refractivity contribution is 7.92. The topological polar surface area (TPSA) is 66.5 Å². The molecule has 0 saturated heterocycles. The van der Waals surface area contributed by atoms with Gasteiger partial charge in [0.1, 0.15) is 0 Å². The van der Waals surface area contributed by atoms with E-state index in [2.05, 4.69) is 5.32 Å². The van der Waals surface area contributed by atoms with Crippen molar-refractivity contribution in [2.75, 3.05) is 10.8 Å². The first kappa shape index (κ1) is 18.7. The van der Waals surface area contributed by atoms with Gasteiger partial charge in [-0.3, -0.25) is 9.10 Å². The normalized spacial score (nSPS) is 14.8.